The smallest absolute Gasteiger partial charge is 0.309 e. The molecule has 0 amide bonds. The molecule has 2 unspecified atom stereocenters. The Balaban J connectivity index is 2.46. The molecule has 0 spiro atoms. The maximum Gasteiger partial charge on any atom is 0.309 e. The van der Waals surface area contributed by atoms with Gasteiger partial charge in [-0.2, -0.15) is 0 Å². The molecule has 4 heteroatoms. The molecule has 0 aromatic carbocycles. The van der Waals surface area contributed by atoms with Gasteiger partial charge in [-0.1, -0.05) is 13.3 Å². The van der Waals surface area contributed by atoms with Crippen LogP contribution in [0.4, 0.5) is 0 Å². The number of morpholine rings is 1. The van der Waals surface area contributed by atoms with Crippen LogP contribution in [0.1, 0.15) is 19.8 Å². The minimum Gasteiger partial charge on any atom is -0.617 e. The fourth-order valence-electron chi connectivity index (χ4n) is 1.43. The largest absolute Gasteiger partial charge is 0.617 e. The molecule has 68 valence electrons. The second-order valence-corrected chi connectivity index (χ2v) is 3.18. The number of nitrogens with zero attached hydrogens (tertiary/aromatic N) is 2. The van der Waals surface area contributed by atoms with Gasteiger partial charge in [0.1, 0.15) is 19.2 Å². The highest BCUT2D eigenvalue weighted by Crippen LogP contribution is 2.15. The lowest BCUT2D eigenvalue weighted by molar-refractivity contribution is -0.829. The fraction of sp³-hybridized carbons (Fsp3) is 0.875. The van der Waals surface area contributed by atoms with Gasteiger partial charge in [0.25, 0.3) is 0 Å². The zero-order valence-corrected chi connectivity index (χ0v) is 7.32. The van der Waals surface area contributed by atoms with Crippen LogP contribution in [0, 0.1) is 16.7 Å². The Morgan fingerprint density at radius 2 is 2.50 bits per heavy atom. The molecular weight excluding hydrogens is 156 g/mol. The Kier molecular flexibility index (Phi) is 3.04. The molecule has 1 saturated heterocycles. The van der Waals surface area contributed by atoms with Crippen LogP contribution in [-0.2, 0) is 4.74 Å². The summed E-state index contributed by atoms with van der Waals surface area (Å²) in [4.78, 5) is 0. The van der Waals surface area contributed by atoms with Crippen molar-refractivity contribution >= 4 is 0 Å². The van der Waals surface area contributed by atoms with Gasteiger partial charge in [-0.05, 0) is 6.42 Å². The van der Waals surface area contributed by atoms with E-state index in [1.165, 1.54) is 0 Å². The Morgan fingerprint density at radius 1 is 1.75 bits per heavy atom. The lowest BCUT2D eigenvalue weighted by Crippen LogP contribution is -2.50. The molecule has 1 heterocycles. The summed E-state index contributed by atoms with van der Waals surface area (Å²) in [5.74, 6) is 0. The number of ether oxygens (including phenoxy) is 1. The summed E-state index contributed by atoms with van der Waals surface area (Å²) in [6.45, 7) is 3.03. The van der Waals surface area contributed by atoms with Crippen molar-refractivity contribution in [1.29, 1.82) is 5.26 Å². The second-order valence-electron chi connectivity index (χ2n) is 3.18. The molecule has 0 aliphatic carbocycles. The van der Waals surface area contributed by atoms with E-state index in [4.69, 9.17) is 10.00 Å². The lowest BCUT2D eigenvalue weighted by atomic mass is 10.2. The summed E-state index contributed by atoms with van der Waals surface area (Å²) < 4.78 is 4.60. The van der Waals surface area contributed by atoms with Gasteiger partial charge < -0.3 is 9.94 Å². The van der Waals surface area contributed by atoms with E-state index in [9.17, 15) is 5.21 Å². The van der Waals surface area contributed by atoms with E-state index in [0.29, 0.717) is 13.2 Å². The zero-order chi connectivity index (χ0) is 9.03. The standard InChI is InChI=1S/C8H14N2O2/c1-2-3-8-6-10(11,7-9)4-5-12-8/h8H,2-6H2,1H3. The minimum absolute atomic E-state index is 0.0131. The predicted octanol–water partition coefficient (Wildman–Crippen LogP) is 0.981. The highest BCUT2D eigenvalue weighted by atomic mass is 16.6. The Labute approximate surface area is 72.5 Å². The Hall–Kier alpha value is -0.630. The molecule has 4 nitrogen and oxygen atoms in total. The van der Waals surface area contributed by atoms with Gasteiger partial charge in [-0.15, -0.1) is 5.26 Å². The van der Waals surface area contributed by atoms with Gasteiger partial charge in [0.15, 0.2) is 0 Å². The highest BCUT2D eigenvalue weighted by molar-refractivity contribution is 4.69. The average molecular weight is 170 g/mol. The van der Waals surface area contributed by atoms with Crippen molar-refractivity contribution in [2.45, 2.75) is 25.9 Å². The number of hydroxylamine groups is 3. The first-order valence-corrected chi connectivity index (χ1v) is 4.31. The first kappa shape index (κ1) is 9.46. The summed E-state index contributed by atoms with van der Waals surface area (Å²) in [6.07, 6.45) is 3.63. The number of hydrogen-bond acceptors (Lipinski definition) is 3. The van der Waals surface area contributed by atoms with Gasteiger partial charge in [-0.25, -0.2) is 0 Å². The maximum absolute atomic E-state index is 11.5. The molecule has 0 aromatic rings. The first-order valence-electron chi connectivity index (χ1n) is 4.31. The summed E-state index contributed by atoms with van der Waals surface area (Å²) in [5, 5.41) is 20.1. The molecular formula is C8H14N2O2. The average Bonchev–Trinajstić information content (AvgIpc) is 2.05. The van der Waals surface area contributed by atoms with Crippen molar-refractivity contribution < 1.29 is 9.38 Å². The molecule has 1 aliphatic rings. The van der Waals surface area contributed by atoms with E-state index in [-0.39, 0.29) is 12.6 Å². The van der Waals surface area contributed by atoms with E-state index in [2.05, 4.69) is 0 Å². The van der Waals surface area contributed by atoms with E-state index < -0.39 is 4.65 Å². The summed E-state index contributed by atoms with van der Waals surface area (Å²) >= 11 is 0. The zero-order valence-electron chi connectivity index (χ0n) is 7.32. The SMILES string of the molecule is CCCC1C[N+]([O-])(C#N)CCO1. The van der Waals surface area contributed by atoms with E-state index in [1.54, 1.807) is 6.19 Å². The van der Waals surface area contributed by atoms with Crippen molar-refractivity contribution in [1.82, 2.24) is 0 Å². The van der Waals surface area contributed by atoms with Gasteiger partial charge in [0.2, 0.25) is 0 Å². The molecule has 12 heavy (non-hydrogen) atoms. The molecule has 1 rings (SSSR count). The summed E-state index contributed by atoms with van der Waals surface area (Å²) in [5.41, 5.74) is 0. The molecule has 0 saturated carbocycles. The van der Waals surface area contributed by atoms with Crippen molar-refractivity contribution in [3.8, 4) is 6.19 Å². The summed E-state index contributed by atoms with van der Waals surface area (Å²) in [7, 11) is 0. The lowest BCUT2D eigenvalue weighted by Gasteiger charge is -2.39. The van der Waals surface area contributed by atoms with E-state index >= 15 is 0 Å². The number of rotatable bonds is 2. The molecule has 1 fully saturated rings. The number of quaternary nitrogens is 1. The van der Waals surface area contributed by atoms with Gasteiger partial charge >= 0.3 is 6.19 Å². The minimum atomic E-state index is -0.745. The van der Waals surface area contributed by atoms with Crippen molar-refractivity contribution in [3.63, 3.8) is 0 Å². The van der Waals surface area contributed by atoms with Gasteiger partial charge in [0, 0.05) is 0 Å². The third kappa shape index (κ3) is 2.18. The first-order chi connectivity index (χ1) is 5.70. The van der Waals surface area contributed by atoms with Crippen molar-refractivity contribution in [2.24, 2.45) is 0 Å². The van der Waals surface area contributed by atoms with Crippen LogP contribution in [0.2, 0.25) is 0 Å². The van der Waals surface area contributed by atoms with E-state index in [0.717, 1.165) is 12.8 Å². The normalized spacial score (nSPS) is 35.9. The van der Waals surface area contributed by atoms with Gasteiger partial charge in [-0.3, -0.25) is 4.65 Å². The van der Waals surface area contributed by atoms with E-state index in [1.807, 2.05) is 6.92 Å². The third-order valence-electron chi connectivity index (χ3n) is 2.10. The quantitative estimate of drug-likeness (QED) is 0.352. The van der Waals surface area contributed by atoms with Crippen LogP contribution in [0.15, 0.2) is 0 Å². The van der Waals surface area contributed by atoms with Crippen molar-refractivity contribution in [3.05, 3.63) is 5.21 Å². The molecule has 0 radical (unpaired) electrons. The number of nitriles is 1. The van der Waals surface area contributed by atoms with Crippen LogP contribution >= 0.6 is 0 Å². The molecule has 0 bridgehead atoms. The Morgan fingerprint density at radius 3 is 3.08 bits per heavy atom. The Bertz CT molecular complexity index is 188. The van der Waals surface area contributed by atoms with Gasteiger partial charge in [0.05, 0.1) is 6.61 Å². The second kappa shape index (κ2) is 3.85. The van der Waals surface area contributed by atoms with Crippen molar-refractivity contribution in [2.75, 3.05) is 19.7 Å². The molecule has 2 atom stereocenters. The van der Waals surface area contributed by atoms with Crippen LogP contribution in [0.25, 0.3) is 0 Å². The monoisotopic (exact) mass is 170 g/mol. The topological polar surface area (TPSA) is 56.1 Å². The number of hydrogen-bond donors (Lipinski definition) is 0. The third-order valence-corrected chi connectivity index (χ3v) is 2.10. The van der Waals surface area contributed by atoms with Crippen LogP contribution in [0.3, 0.4) is 0 Å². The summed E-state index contributed by atoms with van der Waals surface area (Å²) in [6, 6.07) is 0. The molecule has 1 aliphatic heterocycles. The molecule has 0 aromatic heterocycles. The van der Waals surface area contributed by atoms with Crippen LogP contribution < -0.4 is 0 Å². The van der Waals surface area contributed by atoms with Crippen LogP contribution in [0.5, 0.6) is 0 Å². The maximum atomic E-state index is 11.5. The molecule has 0 N–H and O–H groups in total. The van der Waals surface area contributed by atoms with Crippen LogP contribution in [-0.4, -0.2) is 30.4 Å². The highest BCUT2D eigenvalue weighted by Gasteiger charge is 2.28. The fourth-order valence-corrected chi connectivity index (χ4v) is 1.43. The predicted molar refractivity (Wildman–Crippen MR) is 43.6 cm³/mol.